The van der Waals surface area contributed by atoms with Crippen molar-refractivity contribution in [2.75, 3.05) is 18.5 Å². The van der Waals surface area contributed by atoms with E-state index in [0.29, 0.717) is 0 Å². The Balaban J connectivity index is 2.40. The van der Waals surface area contributed by atoms with E-state index in [1.807, 2.05) is 0 Å². The highest BCUT2D eigenvalue weighted by Gasteiger charge is 2.30. The molecule has 0 amide bonds. The lowest BCUT2D eigenvalue weighted by Crippen LogP contribution is -2.31. The van der Waals surface area contributed by atoms with Gasteiger partial charge in [-0.1, -0.05) is 26.0 Å². The zero-order chi connectivity index (χ0) is 22.5. The van der Waals surface area contributed by atoms with E-state index in [0.717, 1.165) is 34.8 Å². The summed E-state index contributed by atoms with van der Waals surface area (Å²) in [6.07, 6.45) is -3.43. The van der Waals surface area contributed by atoms with Gasteiger partial charge in [0.05, 0.1) is 22.4 Å². The number of sulfonamides is 1. The number of nitro benzene ring substituents is 1. The normalized spacial score (nSPS) is 12.5. The van der Waals surface area contributed by atoms with Crippen molar-refractivity contribution in [1.29, 1.82) is 0 Å². The third-order valence-electron chi connectivity index (χ3n) is 4.11. The summed E-state index contributed by atoms with van der Waals surface area (Å²) in [6.45, 7) is 3.54. The van der Waals surface area contributed by atoms with Crippen LogP contribution in [0.2, 0.25) is 0 Å². The number of halogens is 3. The second kappa shape index (κ2) is 9.22. The highest BCUT2D eigenvalue weighted by Crippen LogP contribution is 2.30. The second-order valence-corrected chi connectivity index (χ2v) is 7.93. The first-order chi connectivity index (χ1) is 14.0. The minimum atomic E-state index is -4.51. The maximum Gasteiger partial charge on any atom is 0.416 e. The number of hydrogen-bond donors (Lipinski definition) is 1. The Morgan fingerprint density at radius 3 is 2.40 bits per heavy atom. The fourth-order valence-corrected chi connectivity index (χ4v) is 4.22. The van der Waals surface area contributed by atoms with Gasteiger partial charge in [-0.05, 0) is 23.8 Å². The third kappa shape index (κ3) is 5.33. The Morgan fingerprint density at radius 1 is 1.17 bits per heavy atom. The summed E-state index contributed by atoms with van der Waals surface area (Å²) in [5, 5.41) is 14.9. The highest BCUT2D eigenvalue weighted by molar-refractivity contribution is 7.89. The number of benzene rings is 2. The first kappa shape index (κ1) is 23.3. The quantitative estimate of drug-likeness (QED) is 0.375. The van der Waals surface area contributed by atoms with Crippen molar-refractivity contribution in [2.45, 2.75) is 24.9 Å². The molecule has 0 bridgehead atoms. The molecule has 0 radical (unpaired) electrons. The summed E-state index contributed by atoms with van der Waals surface area (Å²) < 4.78 is 65.2. The van der Waals surface area contributed by atoms with Crippen LogP contribution in [0.3, 0.4) is 0 Å². The molecule has 0 atom stereocenters. The molecule has 12 heteroatoms. The number of nitrogens with one attached hydrogen (secondary N) is 1. The van der Waals surface area contributed by atoms with Gasteiger partial charge in [0.15, 0.2) is 0 Å². The smallest absolute Gasteiger partial charge is 0.277 e. The van der Waals surface area contributed by atoms with Crippen LogP contribution < -0.4 is 5.43 Å². The van der Waals surface area contributed by atoms with Crippen LogP contribution in [-0.4, -0.2) is 37.0 Å². The molecule has 1 N–H and O–H groups in total. The fraction of sp³-hybridized carbons (Fsp3) is 0.278. The lowest BCUT2D eigenvalue weighted by molar-refractivity contribution is -0.385. The van der Waals surface area contributed by atoms with Crippen molar-refractivity contribution < 1.29 is 26.5 Å². The molecule has 0 heterocycles. The second-order valence-electron chi connectivity index (χ2n) is 6.02. The Kier molecular flexibility index (Phi) is 7.16. The van der Waals surface area contributed by atoms with Crippen LogP contribution in [0.1, 0.15) is 25.0 Å². The molecular weight excluding hydrogens is 425 g/mol. The van der Waals surface area contributed by atoms with E-state index in [2.05, 4.69) is 10.5 Å². The number of hydrazone groups is 1. The number of non-ortho nitro benzene ring substituents is 1. The number of nitro groups is 1. The van der Waals surface area contributed by atoms with Crippen LogP contribution in [0, 0.1) is 10.1 Å². The predicted octanol–water partition coefficient (Wildman–Crippen LogP) is 4.09. The molecule has 0 aliphatic rings. The van der Waals surface area contributed by atoms with Crippen LogP contribution in [0.5, 0.6) is 0 Å². The van der Waals surface area contributed by atoms with Gasteiger partial charge in [0.2, 0.25) is 10.0 Å². The summed E-state index contributed by atoms with van der Waals surface area (Å²) in [5.41, 5.74) is 1.26. The van der Waals surface area contributed by atoms with Crippen molar-refractivity contribution in [1.82, 2.24) is 4.31 Å². The van der Waals surface area contributed by atoms with Crippen LogP contribution in [0.25, 0.3) is 0 Å². The van der Waals surface area contributed by atoms with Crippen LogP contribution in [0.15, 0.2) is 52.5 Å². The van der Waals surface area contributed by atoms with E-state index in [9.17, 15) is 31.7 Å². The molecule has 0 spiro atoms. The van der Waals surface area contributed by atoms with Crippen molar-refractivity contribution in [3.05, 3.63) is 63.7 Å². The molecule has 162 valence electrons. The maximum absolute atomic E-state index is 12.9. The Labute approximate surface area is 171 Å². The summed E-state index contributed by atoms with van der Waals surface area (Å²) in [4.78, 5) is 9.98. The molecule has 0 aromatic heterocycles. The summed E-state index contributed by atoms with van der Waals surface area (Å²) in [6, 6.07) is 7.59. The number of rotatable bonds is 8. The molecule has 0 saturated carbocycles. The molecule has 30 heavy (non-hydrogen) atoms. The summed E-state index contributed by atoms with van der Waals surface area (Å²) in [7, 11) is -4.07. The molecule has 0 saturated heterocycles. The first-order valence-corrected chi connectivity index (χ1v) is 10.2. The average Bonchev–Trinajstić information content (AvgIpc) is 2.68. The topological polar surface area (TPSA) is 105 Å². The molecule has 0 unspecified atom stereocenters. The summed E-state index contributed by atoms with van der Waals surface area (Å²) >= 11 is 0. The molecule has 2 aromatic carbocycles. The standard InChI is InChI=1S/C18H19F3N4O4S/c1-3-24(4-2)30(28,29)17-11-15(25(26)27)8-9-16(17)23-22-12-13-6-5-7-14(10-13)18(19,20)21/h5-12,23H,3-4H2,1-2H3. The Morgan fingerprint density at radius 2 is 1.83 bits per heavy atom. The van der Waals surface area contributed by atoms with Gasteiger partial charge in [-0.15, -0.1) is 0 Å². The van der Waals surface area contributed by atoms with Gasteiger partial charge < -0.3 is 0 Å². The van der Waals surface area contributed by atoms with Crippen LogP contribution in [0.4, 0.5) is 24.5 Å². The number of nitrogens with zero attached hydrogens (tertiary/aromatic N) is 3. The van der Waals surface area contributed by atoms with Crippen molar-refractivity contribution >= 4 is 27.6 Å². The van der Waals surface area contributed by atoms with Crippen LogP contribution >= 0.6 is 0 Å². The average molecular weight is 444 g/mol. The molecular formula is C18H19F3N4O4S. The summed E-state index contributed by atoms with van der Waals surface area (Å²) in [5.74, 6) is 0. The third-order valence-corrected chi connectivity index (χ3v) is 6.20. The SMILES string of the molecule is CCN(CC)S(=O)(=O)c1cc([N+](=O)[O-])ccc1NN=Cc1cccc(C(F)(F)F)c1. The van der Waals surface area contributed by atoms with Gasteiger partial charge in [-0.2, -0.15) is 22.6 Å². The van der Waals surface area contributed by atoms with E-state index >= 15 is 0 Å². The largest absolute Gasteiger partial charge is 0.416 e. The van der Waals surface area contributed by atoms with Crippen molar-refractivity contribution in [2.24, 2.45) is 5.10 Å². The number of hydrogen-bond acceptors (Lipinski definition) is 6. The first-order valence-electron chi connectivity index (χ1n) is 8.75. The Hall–Kier alpha value is -2.99. The maximum atomic E-state index is 12.9. The minimum absolute atomic E-state index is 0.0456. The monoisotopic (exact) mass is 444 g/mol. The van der Waals surface area contributed by atoms with Gasteiger partial charge in [0.1, 0.15) is 4.90 Å². The van der Waals surface area contributed by atoms with E-state index in [1.54, 1.807) is 13.8 Å². The highest BCUT2D eigenvalue weighted by atomic mass is 32.2. The van der Waals surface area contributed by atoms with Gasteiger partial charge in [-0.25, -0.2) is 8.42 Å². The predicted molar refractivity (Wildman–Crippen MR) is 106 cm³/mol. The van der Waals surface area contributed by atoms with Crippen molar-refractivity contribution in [3.63, 3.8) is 0 Å². The minimum Gasteiger partial charge on any atom is -0.277 e. The van der Waals surface area contributed by atoms with Gasteiger partial charge in [0.25, 0.3) is 5.69 Å². The van der Waals surface area contributed by atoms with E-state index in [1.165, 1.54) is 18.2 Å². The number of alkyl halides is 3. The molecule has 2 rings (SSSR count). The molecule has 0 fully saturated rings. The van der Waals surface area contributed by atoms with Gasteiger partial charge >= 0.3 is 6.18 Å². The lowest BCUT2D eigenvalue weighted by atomic mass is 10.1. The zero-order valence-electron chi connectivity index (χ0n) is 16.0. The number of anilines is 1. The van der Waals surface area contributed by atoms with Crippen molar-refractivity contribution in [3.8, 4) is 0 Å². The molecule has 0 aliphatic carbocycles. The van der Waals surface area contributed by atoms with Gasteiger partial charge in [-0.3, -0.25) is 15.5 Å². The van der Waals surface area contributed by atoms with Gasteiger partial charge in [0, 0.05) is 25.2 Å². The van der Waals surface area contributed by atoms with E-state index in [-0.39, 0.29) is 29.2 Å². The van der Waals surface area contributed by atoms with E-state index < -0.39 is 32.4 Å². The fourth-order valence-electron chi connectivity index (χ4n) is 2.60. The molecule has 8 nitrogen and oxygen atoms in total. The molecule has 2 aromatic rings. The van der Waals surface area contributed by atoms with Crippen LogP contribution in [-0.2, 0) is 16.2 Å². The molecule has 0 aliphatic heterocycles. The Bertz CT molecular complexity index is 1050. The lowest BCUT2D eigenvalue weighted by Gasteiger charge is -2.20. The zero-order valence-corrected chi connectivity index (χ0v) is 16.9. The van der Waals surface area contributed by atoms with E-state index in [4.69, 9.17) is 0 Å².